The summed E-state index contributed by atoms with van der Waals surface area (Å²) in [7, 11) is 1.83. The fraction of sp³-hybridized carbons (Fsp3) is 1.00. The van der Waals surface area contributed by atoms with Crippen molar-refractivity contribution in [3.05, 3.63) is 0 Å². The summed E-state index contributed by atoms with van der Waals surface area (Å²) in [6.07, 6.45) is 5.09. The molecule has 3 heteroatoms. The molecule has 1 aliphatic rings. The van der Waals surface area contributed by atoms with Crippen molar-refractivity contribution in [1.82, 2.24) is 5.32 Å². The Labute approximate surface area is 99.9 Å². The first-order chi connectivity index (χ1) is 7.83. The predicted molar refractivity (Wildman–Crippen MR) is 66.7 cm³/mol. The van der Waals surface area contributed by atoms with E-state index < -0.39 is 0 Å². The molecule has 0 radical (unpaired) electrons. The van der Waals surface area contributed by atoms with Crippen molar-refractivity contribution in [2.45, 2.75) is 51.7 Å². The van der Waals surface area contributed by atoms with Gasteiger partial charge in [-0.05, 0) is 25.8 Å². The minimum Gasteiger partial charge on any atom is -0.381 e. The van der Waals surface area contributed by atoms with E-state index in [0.717, 1.165) is 26.2 Å². The Hall–Kier alpha value is -0.120. The van der Waals surface area contributed by atoms with Crippen molar-refractivity contribution in [3.8, 4) is 0 Å². The zero-order valence-corrected chi connectivity index (χ0v) is 11.0. The number of hydrogen-bond donors (Lipinski definition) is 1. The maximum atomic E-state index is 5.64. The van der Waals surface area contributed by atoms with Crippen LogP contribution in [0.15, 0.2) is 0 Å². The van der Waals surface area contributed by atoms with Gasteiger partial charge in [0.2, 0.25) is 0 Å². The third-order valence-electron chi connectivity index (χ3n) is 3.42. The normalized spacial score (nSPS) is 25.3. The lowest BCUT2D eigenvalue weighted by Gasteiger charge is -2.35. The Morgan fingerprint density at radius 1 is 1.44 bits per heavy atom. The lowest BCUT2D eigenvalue weighted by atomic mass is 9.88. The first-order valence-electron chi connectivity index (χ1n) is 6.67. The van der Waals surface area contributed by atoms with Crippen LogP contribution < -0.4 is 5.32 Å². The summed E-state index contributed by atoms with van der Waals surface area (Å²) in [5.74, 6) is 0.616. The van der Waals surface area contributed by atoms with E-state index in [0.29, 0.717) is 18.1 Å². The zero-order chi connectivity index (χ0) is 11.8. The molecule has 1 fully saturated rings. The molecule has 0 amide bonds. The molecule has 1 heterocycles. The predicted octanol–water partition coefficient (Wildman–Crippen LogP) is 2.21. The van der Waals surface area contributed by atoms with Crippen LogP contribution in [0.4, 0.5) is 0 Å². The summed E-state index contributed by atoms with van der Waals surface area (Å²) in [4.78, 5) is 0. The Balaban J connectivity index is 2.54. The van der Waals surface area contributed by atoms with Crippen molar-refractivity contribution in [3.63, 3.8) is 0 Å². The van der Waals surface area contributed by atoms with Crippen LogP contribution in [-0.2, 0) is 9.47 Å². The molecule has 0 aromatic heterocycles. The van der Waals surface area contributed by atoms with Crippen LogP contribution in [-0.4, -0.2) is 39.0 Å². The smallest absolute Gasteiger partial charge is 0.0727 e. The van der Waals surface area contributed by atoms with Gasteiger partial charge in [0, 0.05) is 25.7 Å². The first-order valence-corrected chi connectivity index (χ1v) is 6.67. The van der Waals surface area contributed by atoms with Crippen LogP contribution in [0.2, 0.25) is 0 Å². The fourth-order valence-electron chi connectivity index (χ4n) is 2.61. The molecule has 1 aliphatic heterocycles. The van der Waals surface area contributed by atoms with Gasteiger partial charge in [0.15, 0.2) is 0 Å². The highest BCUT2D eigenvalue weighted by atomic mass is 16.5. The summed E-state index contributed by atoms with van der Waals surface area (Å²) < 4.78 is 11.2. The van der Waals surface area contributed by atoms with E-state index in [4.69, 9.17) is 9.47 Å². The second kappa shape index (κ2) is 8.04. The molecule has 0 aromatic rings. The highest BCUT2D eigenvalue weighted by molar-refractivity contribution is 4.85. The van der Waals surface area contributed by atoms with Crippen LogP contribution in [0.25, 0.3) is 0 Å². The van der Waals surface area contributed by atoms with E-state index in [1.807, 2.05) is 7.11 Å². The summed E-state index contributed by atoms with van der Waals surface area (Å²) in [6.45, 7) is 7.20. The van der Waals surface area contributed by atoms with Gasteiger partial charge in [0.05, 0.1) is 12.7 Å². The lowest BCUT2D eigenvalue weighted by Crippen LogP contribution is -2.48. The highest BCUT2D eigenvalue weighted by Crippen LogP contribution is 2.22. The third kappa shape index (κ3) is 4.04. The number of methoxy groups -OCH3 is 1. The van der Waals surface area contributed by atoms with E-state index in [1.165, 1.54) is 19.3 Å². The van der Waals surface area contributed by atoms with Crippen LogP contribution in [0.5, 0.6) is 0 Å². The third-order valence-corrected chi connectivity index (χ3v) is 3.42. The Morgan fingerprint density at radius 3 is 2.75 bits per heavy atom. The van der Waals surface area contributed by atoms with Gasteiger partial charge in [-0.2, -0.15) is 0 Å². The minimum atomic E-state index is 0.330. The maximum Gasteiger partial charge on any atom is 0.0727 e. The molecule has 3 unspecified atom stereocenters. The number of likely N-dealkylation sites (N-methyl/N-ethyl adjacent to an activating group) is 1. The van der Waals surface area contributed by atoms with Gasteiger partial charge in [-0.25, -0.2) is 0 Å². The molecule has 0 aromatic carbocycles. The van der Waals surface area contributed by atoms with E-state index in [9.17, 15) is 0 Å². The Morgan fingerprint density at radius 2 is 2.25 bits per heavy atom. The topological polar surface area (TPSA) is 30.5 Å². The van der Waals surface area contributed by atoms with Gasteiger partial charge in [-0.15, -0.1) is 0 Å². The summed E-state index contributed by atoms with van der Waals surface area (Å²) in [5.41, 5.74) is 0. The average Bonchev–Trinajstić information content (AvgIpc) is 2.35. The second-order valence-electron chi connectivity index (χ2n) is 4.62. The second-order valence-corrected chi connectivity index (χ2v) is 4.62. The summed E-state index contributed by atoms with van der Waals surface area (Å²) in [5, 5.41) is 3.58. The molecule has 1 rings (SSSR count). The number of ether oxygens (including phenoxy) is 2. The highest BCUT2D eigenvalue weighted by Gasteiger charge is 2.29. The molecule has 16 heavy (non-hydrogen) atoms. The zero-order valence-electron chi connectivity index (χ0n) is 11.0. The van der Waals surface area contributed by atoms with Crippen molar-refractivity contribution >= 4 is 0 Å². The van der Waals surface area contributed by atoms with Gasteiger partial charge < -0.3 is 14.8 Å². The van der Waals surface area contributed by atoms with Crippen molar-refractivity contribution in [2.24, 2.45) is 5.92 Å². The van der Waals surface area contributed by atoms with Crippen LogP contribution >= 0.6 is 0 Å². The van der Waals surface area contributed by atoms with Crippen LogP contribution in [0.1, 0.15) is 39.5 Å². The van der Waals surface area contributed by atoms with Crippen LogP contribution in [0.3, 0.4) is 0 Å². The fourth-order valence-corrected chi connectivity index (χ4v) is 2.61. The molecule has 0 aliphatic carbocycles. The quantitative estimate of drug-likeness (QED) is 0.726. The summed E-state index contributed by atoms with van der Waals surface area (Å²) in [6, 6.07) is 0.454. The van der Waals surface area contributed by atoms with Gasteiger partial charge >= 0.3 is 0 Å². The van der Waals surface area contributed by atoms with Gasteiger partial charge in [0.25, 0.3) is 0 Å². The van der Waals surface area contributed by atoms with Gasteiger partial charge in [0.1, 0.15) is 0 Å². The monoisotopic (exact) mass is 229 g/mol. The molecular formula is C13H27NO2. The van der Waals surface area contributed by atoms with Crippen molar-refractivity contribution < 1.29 is 9.47 Å². The van der Waals surface area contributed by atoms with Crippen LogP contribution in [0, 0.1) is 5.92 Å². The average molecular weight is 229 g/mol. The lowest BCUT2D eigenvalue weighted by molar-refractivity contribution is -0.0118. The first kappa shape index (κ1) is 13.9. The van der Waals surface area contributed by atoms with Crippen molar-refractivity contribution in [1.29, 1.82) is 0 Å². The molecule has 1 saturated heterocycles. The molecule has 3 nitrogen and oxygen atoms in total. The van der Waals surface area contributed by atoms with E-state index in [2.05, 4.69) is 19.2 Å². The number of rotatable bonds is 7. The van der Waals surface area contributed by atoms with E-state index in [-0.39, 0.29) is 0 Å². The minimum absolute atomic E-state index is 0.330. The molecule has 0 spiro atoms. The molecule has 0 bridgehead atoms. The molecule has 1 N–H and O–H groups in total. The molecule has 96 valence electrons. The standard InChI is InChI=1S/C13H27NO2/c1-4-7-12(15-3)13(14-5-2)11-8-6-9-16-10-11/h11-14H,4-10H2,1-3H3. The molecule has 3 atom stereocenters. The van der Waals surface area contributed by atoms with Gasteiger partial charge in [-0.1, -0.05) is 20.3 Å². The molecular weight excluding hydrogens is 202 g/mol. The Bertz CT molecular complexity index is 165. The Kier molecular flexibility index (Phi) is 7.01. The molecule has 0 saturated carbocycles. The van der Waals surface area contributed by atoms with Gasteiger partial charge in [-0.3, -0.25) is 0 Å². The van der Waals surface area contributed by atoms with Crippen molar-refractivity contribution in [2.75, 3.05) is 26.9 Å². The SMILES string of the molecule is CCCC(OC)C(NCC)C1CCCOC1. The van der Waals surface area contributed by atoms with E-state index in [1.54, 1.807) is 0 Å². The largest absolute Gasteiger partial charge is 0.381 e. The van der Waals surface area contributed by atoms with E-state index >= 15 is 0 Å². The summed E-state index contributed by atoms with van der Waals surface area (Å²) >= 11 is 0. The number of nitrogens with one attached hydrogen (secondary N) is 1. The number of hydrogen-bond acceptors (Lipinski definition) is 3. The maximum absolute atomic E-state index is 5.64.